The monoisotopic (exact) mass is 512 g/mol. The van der Waals surface area contributed by atoms with Gasteiger partial charge >= 0.3 is 0 Å². The number of hydrogen-bond acceptors (Lipinski definition) is 4. The number of rotatable bonds is 3. The van der Waals surface area contributed by atoms with E-state index >= 15 is 0 Å². The Morgan fingerprint density at radius 1 is 0.972 bits per heavy atom. The predicted molar refractivity (Wildman–Crippen MR) is 141 cm³/mol. The molecule has 5 aliphatic rings. The minimum atomic E-state index is -0.635. The van der Waals surface area contributed by atoms with Gasteiger partial charge in [0, 0.05) is 23.8 Å². The summed E-state index contributed by atoms with van der Waals surface area (Å²) in [6.07, 6.45) is 9.91. The normalized spacial score (nSPS) is 46.0. The zero-order valence-corrected chi connectivity index (χ0v) is 22.8. The van der Waals surface area contributed by atoms with Crippen LogP contribution in [0.25, 0.3) is 5.57 Å². The Kier molecular flexibility index (Phi) is 6.23. The molecule has 4 aliphatic carbocycles. The summed E-state index contributed by atoms with van der Waals surface area (Å²) in [5, 5.41) is 0.705. The van der Waals surface area contributed by atoms with E-state index in [0.717, 1.165) is 48.7 Å². The molecule has 9 atom stereocenters. The third kappa shape index (κ3) is 3.85. The minimum absolute atomic E-state index is 0.219. The van der Waals surface area contributed by atoms with Crippen LogP contribution in [-0.2, 0) is 19.3 Å². The molecular weight excluding hydrogens is 472 g/mol. The second-order valence-electron chi connectivity index (χ2n) is 13.1. The molecule has 1 heterocycles. The Morgan fingerprint density at radius 3 is 2.42 bits per heavy atom. The lowest BCUT2D eigenvalue weighted by molar-refractivity contribution is -0.489. The van der Waals surface area contributed by atoms with Crippen molar-refractivity contribution in [1.82, 2.24) is 0 Å². The van der Waals surface area contributed by atoms with Crippen molar-refractivity contribution in [3.63, 3.8) is 0 Å². The number of fused-ring (bicyclic) bond motifs is 5. The Morgan fingerprint density at radius 2 is 1.72 bits per heavy atom. The van der Waals surface area contributed by atoms with E-state index in [0.29, 0.717) is 34.7 Å². The predicted octanol–water partition coefficient (Wildman–Crippen LogP) is 7.64. The van der Waals surface area contributed by atoms with Crippen molar-refractivity contribution in [1.29, 1.82) is 0 Å². The van der Waals surface area contributed by atoms with Crippen LogP contribution in [0.5, 0.6) is 0 Å². The number of hydrogen-bond donors (Lipinski definition) is 0. The van der Waals surface area contributed by atoms with E-state index < -0.39 is 5.79 Å². The van der Waals surface area contributed by atoms with Crippen LogP contribution in [-0.4, -0.2) is 24.3 Å². The molecule has 36 heavy (non-hydrogen) atoms. The van der Waals surface area contributed by atoms with Gasteiger partial charge in [0.05, 0.1) is 6.61 Å². The van der Waals surface area contributed by atoms with Gasteiger partial charge < -0.3 is 4.74 Å². The van der Waals surface area contributed by atoms with Crippen molar-refractivity contribution in [3.05, 3.63) is 41.4 Å². The number of carbonyl (C=O) groups excluding carboxylic acids is 1. The van der Waals surface area contributed by atoms with Crippen LogP contribution in [0, 0.1) is 40.4 Å². The molecule has 1 spiro atoms. The lowest BCUT2D eigenvalue weighted by Gasteiger charge is -2.62. The van der Waals surface area contributed by atoms with E-state index in [4.69, 9.17) is 26.1 Å². The van der Waals surface area contributed by atoms with E-state index in [1.165, 1.54) is 32.1 Å². The van der Waals surface area contributed by atoms with Gasteiger partial charge in [-0.05, 0) is 110 Å². The zero-order valence-electron chi connectivity index (χ0n) is 22.1. The van der Waals surface area contributed by atoms with Gasteiger partial charge in [-0.1, -0.05) is 44.2 Å². The molecule has 0 amide bonds. The van der Waals surface area contributed by atoms with E-state index in [1.54, 1.807) is 0 Å². The second-order valence-corrected chi connectivity index (χ2v) is 13.5. The molecule has 6 rings (SSSR count). The number of ketones is 1. The highest BCUT2D eigenvalue weighted by atomic mass is 35.5. The summed E-state index contributed by atoms with van der Waals surface area (Å²) in [4.78, 5) is 24.5. The molecule has 6 unspecified atom stereocenters. The minimum Gasteiger partial charge on any atom is -0.344 e. The molecule has 5 heteroatoms. The molecule has 0 N–H and O–H groups in total. The molecule has 1 aromatic carbocycles. The molecule has 4 nitrogen and oxygen atoms in total. The van der Waals surface area contributed by atoms with Crippen LogP contribution in [0.4, 0.5) is 0 Å². The lowest BCUT2D eigenvalue weighted by Crippen LogP contribution is -2.58. The zero-order chi connectivity index (χ0) is 25.3. The standard InChI is InChI=1S/C31H41ClO4/c1-19(21-5-8-23(32)9-6-21)28-18-34-31(36-35-28)16-15-29(3)22(17-31)7-10-24-26-12-11-25(20(2)33)30(26,4)14-13-27(24)29/h5-6,8-9,22,24-28H,1,7,10-18H2,2-4H3/t22-,24?,25?,26?,27?,28?,29+,30-,31?/m1/s1. The Labute approximate surface area is 221 Å². The van der Waals surface area contributed by atoms with Gasteiger partial charge in [-0.15, -0.1) is 0 Å². The fourth-order valence-corrected chi connectivity index (χ4v) is 9.63. The molecule has 4 saturated carbocycles. The molecule has 196 valence electrons. The van der Waals surface area contributed by atoms with Crippen molar-refractivity contribution < 1.29 is 19.3 Å². The van der Waals surface area contributed by atoms with Crippen LogP contribution in [0.1, 0.15) is 84.1 Å². The summed E-state index contributed by atoms with van der Waals surface area (Å²) in [6, 6.07) is 7.65. The maximum absolute atomic E-state index is 12.4. The van der Waals surface area contributed by atoms with Gasteiger partial charge in [0.25, 0.3) is 0 Å². The maximum Gasteiger partial charge on any atom is 0.202 e. The van der Waals surface area contributed by atoms with Crippen LogP contribution >= 0.6 is 11.6 Å². The van der Waals surface area contributed by atoms with E-state index in [1.807, 2.05) is 31.2 Å². The quantitative estimate of drug-likeness (QED) is 0.390. The Bertz CT molecular complexity index is 1030. The highest BCUT2D eigenvalue weighted by molar-refractivity contribution is 6.30. The molecule has 0 aromatic heterocycles. The highest BCUT2D eigenvalue weighted by Crippen LogP contribution is 2.68. The summed E-state index contributed by atoms with van der Waals surface area (Å²) in [5.74, 6) is 2.87. The van der Waals surface area contributed by atoms with Crippen LogP contribution in [0.2, 0.25) is 5.02 Å². The van der Waals surface area contributed by atoms with Crippen LogP contribution < -0.4 is 0 Å². The molecule has 0 radical (unpaired) electrons. The van der Waals surface area contributed by atoms with E-state index in [2.05, 4.69) is 20.4 Å². The van der Waals surface area contributed by atoms with Crippen molar-refractivity contribution in [2.75, 3.05) is 6.61 Å². The van der Waals surface area contributed by atoms with E-state index in [-0.39, 0.29) is 17.4 Å². The SMILES string of the molecule is C=C(c1ccc(Cl)cc1)C1COC2(CC[C@]3(C)C4CC[C@]5(C)C(C(C)=O)CCC5C4CC[C@@H]3C2)OO1. The van der Waals surface area contributed by atoms with Gasteiger partial charge in [-0.2, -0.15) is 0 Å². The maximum atomic E-state index is 12.4. The first-order valence-electron chi connectivity index (χ1n) is 14.1. The first-order valence-corrected chi connectivity index (χ1v) is 14.5. The molecule has 0 bridgehead atoms. The molecule has 5 fully saturated rings. The van der Waals surface area contributed by atoms with Crippen molar-refractivity contribution in [2.45, 2.75) is 90.4 Å². The van der Waals surface area contributed by atoms with Crippen molar-refractivity contribution >= 4 is 23.0 Å². The molecule has 1 aliphatic heterocycles. The topological polar surface area (TPSA) is 44.8 Å². The summed E-state index contributed by atoms with van der Waals surface area (Å²) < 4.78 is 6.47. The Balaban J connectivity index is 1.12. The first-order chi connectivity index (χ1) is 17.2. The number of benzene rings is 1. The van der Waals surface area contributed by atoms with Gasteiger partial charge in [-0.3, -0.25) is 4.79 Å². The van der Waals surface area contributed by atoms with Crippen molar-refractivity contribution in [3.8, 4) is 0 Å². The van der Waals surface area contributed by atoms with E-state index in [9.17, 15) is 4.79 Å². The number of halogens is 1. The number of ether oxygens (including phenoxy) is 1. The molecular formula is C31H41ClO4. The fourth-order valence-electron chi connectivity index (χ4n) is 9.51. The van der Waals surface area contributed by atoms with Crippen LogP contribution in [0.3, 0.4) is 0 Å². The largest absolute Gasteiger partial charge is 0.344 e. The number of Topliss-reactive ketones (excluding diaryl/α,β-unsaturated/α-hetero) is 1. The smallest absolute Gasteiger partial charge is 0.202 e. The van der Waals surface area contributed by atoms with Gasteiger partial charge in [0.2, 0.25) is 5.79 Å². The van der Waals surface area contributed by atoms with Crippen molar-refractivity contribution in [2.24, 2.45) is 40.4 Å². The van der Waals surface area contributed by atoms with Gasteiger partial charge in [0.15, 0.2) is 0 Å². The summed E-state index contributed by atoms with van der Waals surface area (Å²) in [5.41, 5.74) is 2.38. The lowest BCUT2D eigenvalue weighted by atomic mass is 9.44. The van der Waals surface area contributed by atoms with Gasteiger partial charge in [-0.25, -0.2) is 9.78 Å². The van der Waals surface area contributed by atoms with Gasteiger partial charge in [0.1, 0.15) is 11.9 Å². The number of carbonyl (C=O) groups is 1. The summed E-state index contributed by atoms with van der Waals surface area (Å²) in [6.45, 7) is 11.5. The summed E-state index contributed by atoms with van der Waals surface area (Å²) >= 11 is 6.04. The first kappa shape index (κ1) is 25.1. The average molecular weight is 513 g/mol. The molecule has 1 saturated heterocycles. The highest BCUT2D eigenvalue weighted by Gasteiger charge is 2.62. The fraction of sp³-hybridized carbons (Fsp3) is 0.710. The van der Waals surface area contributed by atoms with Crippen LogP contribution in [0.15, 0.2) is 30.8 Å². The third-order valence-corrected chi connectivity index (χ3v) is 11.8. The average Bonchev–Trinajstić information content (AvgIpc) is 3.23. The Hall–Kier alpha value is -1.20. The second kappa shape index (κ2) is 8.93. The third-order valence-electron chi connectivity index (χ3n) is 11.6. The summed E-state index contributed by atoms with van der Waals surface area (Å²) in [7, 11) is 0. The molecule has 1 aromatic rings.